The minimum atomic E-state index is -1.22. The molecule has 4 amide bonds. The molecule has 0 atom stereocenters. The molecule has 49 heavy (non-hydrogen) atoms. The molecule has 278 valence electrons. The van der Waals surface area contributed by atoms with Crippen molar-refractivity contribution in [1.29, 1.82) is 0 Å². The van der Waals surface area contributed by atoms with Gasteiger partial charge in [-0.2, -0.15) is 0 Å². The van der Waals surface area contributed by atoms with Crippen LogP contribution in [0.1, 0.15) is 194 Å². The van der Waals surface area contributed by atoms with E-state index in [1.54, 1.807) is 12.1 Å². The van der Waals surface area contributed by atoms with E-state index in [-0.39, 0.29) is 0 Å². The number of benzene rings is 1. The van der Waals surface area contributed by atoms with Crippen molar-refractivity contribution >= 4 is 35.0 Å². The van der Waals surface area contributed by atoms with E-state index in [0.717, 1.165) is 36.5 Å². The van der Waals surface area contributed by atoms with Crippen molar-refractivity contribution in [2.45, 2.75) is 194 Å². The number of hydrogen-bond donors (Lipinski definition) is 1. The van der Waals surface area contributed by atoms with Crippen molar-refractivity contribution in [3.05, 3.63) is 24.3 Å². The van der Waals surface area contributed by atoms with Gasteiger partial charge in [-0.05, 0) is 37.1 Å². The zero-order valence-electron chi connectivity index (χ0n) is 31.6. The van der Waals surface area contributed by atoms with E-state index in [1.807, 2.05) is 17.4 Å². The molecule has 1 aliphatic rings. The maximum Gasteiger partial charge on any atom is 0.336 e. The third-order valence-corrected chi connectivity index (χ3v) is 10.1. The Kier molecular flexibility index (Phi) is 24.3. The van der Waals surface area contributed by atoms with E-state index in [1.165, 1.54) is 167 Å². The Morgan fingerprint density at radius 3 is 1.14 bits per heavy atom. The highest BCUT2D eigenvalue weighted by Gasteiger charge is 2.40. The lowest BCUT2D eigenvalue weighted by molar-refractivity contribution is -0.145. The van der Waals surface area contributed by atoms with Crippen LogP contribution in [0.5, 0.6) is 0 Å². The van der Waals surface area contributed by atoms with Crippen LogP contribution in [-0.2, 0) is 14.4 Å². The summed E-state index contributed by atoms with van der Waals surface area (Å²) in [7, 11) is 0. The fraction of sp³-hybridized carbons (Fsp3) is 0.762. The average molecular weight is 682 g/mol. The zero-order chi connectivity index (χ0) is 35.4. The van der Waals surface area contributed by atoms with Crippen molar-refractivity contribution in [3.8, 4) is 0 Å². The van der Waals surface area contributed by atoms with Crippen LogP contribution in [0.3, 0.4) is 0 Å². The molecule has 0 aliphatic carbocycles. The van der Waals surface area contributed by atoms with Crippen LogP contribution in [0.2, 0.25) is 0 Å². The average Bonchev–Trinajstić information content (AvgIpc) is 3.10. The third-order valence-electron chi connectivity index (χ3n) is 10.1. The Morgan fingerprint density at radius 2 is 0.796 bits per heavy atom. The van der Waals surface area contributed by atoms with Gasteiger partial charge in [-0.25, -0.2) is 9.69 Å². The molecule has 0 bridgehead atoms. The standard InChI is InChI=1S/C42H71N3O4/c1-3-5-7-9-11-13-15-17-19-21-23-25-27-29-35-44(36-30-28-26-24-22-20-18-16-14-12-10-8-6-4-2)37-31-33-38(34-32-37)45-41(48)39(46)40(47)43-42(45)49/h31-34H,3-30,35-36H2,1-2H3,(H,43,47,49). The Hall–Kier alpha value is -2.70. The smallest absolute Gasteiger partial charge is 0.336 e. The monoisotopic (exact) mass is 682 g/mol. The van der Waals surface area contributed by atoms with Crippen molar-refractivity contribution in [2.75, 3.05) is 22.9 Å². The van der Waals surface area contributed by atoms with Crippen molar-refractivity contribution in [1.82, 2.24) is 5.32 Å². The predicted molar refractivity (Wildman–Crippen MR) is 205 cm³/mol. The highest BCUT2D eigenvalue weighted by atomic mass is 16.2. The van der Waals surface area contributed by atoms with Gasteiger partial charge >= 0.3 is 23.6 Å². The summed E-state index contributed by atoms with van der Waals surface area (Å²) >= 11 is 0. The van der Waals surface area contributed by atoms with Gasteiger partial charge in [0.1, 0.15) is 0 Å². The number of rotatable bonds is 32. The number of Topliss-reactive ketones (excluding diaryl/α,β-unsaturated/α-hetero) is 1. The fourth-order valence-corrected chi connectivity index (χ4v) is 6.91. The van der Waals surface area contributed by atoms with Crippen LogP contribution in [0.4, 0.5) is 16.2 Å². The maximum absolute atomic E-state index is 12.4. The Bertz CT molecular complexity index is 1010. The summed E-state index contributed by atoms with van der Waals surface area (Å²) in [4.78, 5) is 51.3. The molecule has 0 spiro atoms. The van der Waals surface area contributed by atoms with Crippen molar-refractivity contribution in [2.24, 2.45) is 0 Å². The quantitative estimate of drug-likeness (QED) is 0.0604. The summed E-state index contributed by atoms with van der Waals surface area (Å²) in [6, 6.07) is 6.34. The van der Waals surface area contributed by atoms with Crippen LogP contribution >= 0.6 is 0 Å². The number of hydrogen-bond acceptors (Lipinski definition) is 5. The lowest BCUT2D eigenvalue weighted by atomic mass is 10.0. The number of unbranched alkanes of at least 4 members (excludes halogenated alkanes) is 26. The number of anilines is 2. The Morgan fingerprint density at radius 1 is 0.469 bits per heavy atom. The normalized spacial score (nSPS) is 13.4. The lowest BCUT2D eigenvalue weighted by Gasteiger charge is -2.27. The van der Waals surface area contributed by atoms with E-state index >= 15 is 0 Å². The second kappa shape index (κ2) is 28.0. The highest BCUT2D eigenvalue weighted by Crippen LogP contribution is 2.24. The molecule has 1 aromatic carbocycles. The number of amides is 4. The number of nitrogens with zero attached hydrogens (tertiary/aromatic N) is 2. The zero-order valence-corrected chi connectivity index (χ0v) is 31.6. The molecule has 1 aliphatic heterocycles. The van der Waals surface area contributed by atoms with E-state index in [9.17, 15) is 19.2 Å². The van der Waals surface area contributed by atoms with Crippen LogP contribution in [-0.4, -0.2) is 36.7 Å². The summed E-state index contributed by atoms with van der Waals surface area (Å²) in [5.41, 5.74) is 1.35. The second-order valence-corrected chi connectivity index (χ2v) is 14.4. The summed E-state index contributed by atoms with van der Waals surface area (Å²) in [6.45, 7) is 6.51. The van der Waals surface area contributed by atoms with Gasteiger partial charge in [0, 0.05) is 18.8 Å². The maximum atomic E-state index is 12.4. The summed E-state index contributed by atoms with van der Waals surface area (Å²) in [5, 5.41) is 1.95. The summed E-state index contributed by atoms with van der Waals surface area (Å²) < 4.78 is 0. The third kappa shape index (κ3) is 18.8. The minimum absolute atomic E-state index is 0.292. The number of ketones is 1. The first-order valence-electron chi connectivity index (χ1n) is 20.6. The number of imide groups is 2. The van der Waals surface area contributed by atoms with Gasteiger partial charge < -0.3 is 4.90 Å². The SMILES string of the molecule is CCCCCCCCCCCCCCCCN(CCCCCCCCCCCCCCCC)c1ccc(N2C(=O)NC(=O)C(=O)C2=O)cc1. The predicted octanol–water partition coefficient (Wildman–Crippen LogP) is 11.6. The van der Waals surface area contributed by atoms with Crippen molar-refractivity contribution in [3.63, 3.8) is 0 Å². The molecule has 7 heteroatoms. The van der Waals surface area contributed by atoms with Gasteiger partial charge in [-0.3, -0.25) is 19.7 Å². The Labute approximate surface area is 299 Å². The van der Waals surface area contributed by atoms with E-state index in [4.69, 9.17) is 0 Å². The van der Waals surface area contributed by atoms with Gasteiger partial charge in [-0.1, -0.05) is 181 Å². The summed E-state index contributed by atoms with van der Waals surface area (Å²) in [5.74, 6) is -3.50. The summed E-state index contributed by atoms with van der Waals surface area (Å²) in [6.07, 6.45) is 37.6. The number of urea groups is 1. The molecule has 1 N–H and O–H groups in total. The highest BCUT2D eigenvalue weighted by molar-refractivity contribution is 6.70. The van der Waals surface area contributed by atoms with E-state index < -0.39 is 23.6 Å². The number of carbonyl (C=O) groups excluding carboxylic acids is 4. The lowest BCUT2D eigenvalue weighted by Crippen LogP contribution is -2.58. The van der Waals surface area contributed by atoms with Crippen LogP contribution in [0, 0.1) is 0 Å². The van der Waals surface area contributed by atoms with Crippen molar-refractivity contribution < 1.29 is 19.2 Å². The first kappa shape index (κ1) is 42.5. The first-order chi connectivity index (χ1) is 24.0. The fourth-order valence-electron chi connectivity index (χ4n) is 6.91. The molecule has 1 saturated heterocycles. The van der Waals surface area contributed by atoms with Gasteiger partial charge in [-0.15, -0.1) is 0 Å². The molecule has 1 aromatic rings. The molecule has 7 nitrogen and oxygen atoms in total. The molecular weight excluding hydrogens is 610 g/mol. The topological polar surface area (TPSA) is 86.8 Å². The second-order valence-electron chi connectivity index (χ2n) is 14.4. The number of carbonyl (C=O) groups is 4. The molecule has 0 unspecified atom stereocenters. The van der Waals surface area contributed by atoms with Gasteiger partial charge in [0.15, 0.2) is 0 Å². The molecule has 2 rings (SSSR count). The number of barbiturate groups is 1. The van der Waals surface area contributed by atoms with E-state index in [2.05, 4.69) is 18.7 Å². The van der Waals surface area contributed by atoms with Gasteiger partial charge in [0.2, 0.25) is 0 Å². The molecular formula is C42H71N3O4. The van der Waals surface area contributed by atoms with E-state index in [0.29, 0.717) is 5.69 Å². The molecule has 1 fully saturated rings. The van der Waals surface area contributed by atoms with Crippen LogP contribution in [0.25, 0.3) is 0 Å². The first-order valence-corrected chi connectivity index (χ1v) is 20.6. The van der Waals surface area contributed by atoms with Crippen LogP contribution in [0.15, 0.2) is 24.3 Å². The van der Waals surface area contributed by atoms with Crippen LogP contribution < -0.4 is 15.1 Å². The molecule has 0 saturated carbocycles. The number of nitrogens with one attached hydrogen (secondary N) is 1. The molecule has 0 aromatic heterocycles. The van der Waals surface area contributed by atoms with Gasteiger partial charge in [0.25, 0.3) is 0 Å². The molecule has 0 radical (unpaired) electrons. The molecule has 1 heterocycles. The van der Waals surface area contributed by atoms with Gasteiger partial charge in [0.05, 0.1) is 5.69 Å². The Balaban J connectivity index is 1.72. The largest absolute Gasteiger partial charge is 0.372 e. The minimum Gasteiger partial charge on any atom is -0.372 e.